The van der Waals surface area contributed by atoms with Gasteiger partial charge in [-0.25, -0.2) is 4.79 Å². The summed E-state index contributed by atoms with van der Waals surface area (Å²) in [5, 5.41) is 1.97. The van der Waals surface area contributed by atoms with Gasteiger partial charge in [0.1, 0.15) is 5.60 Å². The third-order valence-corrected chi connectivity index (χ3v) is 7.32. The summed E-state index contributed by atoms with van der Waals surface area (Å²) in [5.74, 6) is -6.15. The zero-order valence-electron chi connectivity index (χ0n) is 16.6. The van der Waals surface area contributed by atoms with Gasteiger partial charge in [-0.15, -0.1) is 11.6 Å². The topological polar surface area (TPSA) is 55.4 Å². The molecule has 0 aliphatic heterocycles. The van der Waals surface area contributed by atoms with Crippen LogP contribution in [0, 0.1) is 17.8 Å². The van der Waals surface area contributed by atoms with Crippen LogP contribution >= 0.6 is 11.6 Å². The summed E-state index contributed by atoms with van der Waals surface area (Å²) in [7, 11) is 0. The van der Waals surface area contributed by atoms with E-state index in [1.54, 1.807) is 18.2 Å². The van der Waals surface area contributed by atoms with E-state index in [1.165, 1.54) is 12.1 Å². The van der Waals surface area contributed by atoms with Crippen molar-refractivity contribution in [2.75, 3.05) is 0 Å². The smallest absolute Gasteiger partial charge is 0.452 e. The van der Waals surface area contributed by atoms with Gasteiger partial charge in [0, 0.05) is 17.2 Å². The molecule has 1 aromatic carbocycles. The number of rotatable bonds is 4. The van der Waals surface area contributed by atoms with E-state index in [-0.39, 0.29) is 24.3 Å². The average molecular weight is 484 g/mol. The largest absolute Gasteiger partial charge is 0.490 e. The fourth-order valence-corrected chi connectivity index (χ4v) is 6.89. The van der Waals surface area contributed by atoms with Gasteiger partial charge < -0.3 is 10.1 Å². The number of alkyl halides is 7. The first-order valence-electron chi connectivity index (χ1n) is 10.1. The molecule has 4 fully saturated rings. The van der Waals surface area contributed by atoms with Crippen LogP contribution in [0.4, 0.5) is 26.3 Å². The predicted molar refractivity (Wildman–Crippen MR) is 100 cm³/mol. The Labute approximate surface area is 184 Å². The molecule has 0 spiro atoms. The number of amides is 1. The molecule has 176 valence electrons. The Bertz CT molecular complexity index is 907. The van der Waals surface area contributed by atoms with E-state index in [2.05, 4.69) is 0 Å². The minimum absolute atomic E-state index is 0.0513. The van der Waals surface area contributed by atoms with Crippen LogP contribution in [0.25, 0.3) is 0 Å². The molecule has 1 aromatic rings. The molecule has 0 saturated heterocycles. The standard InChI is InChI=1S/C21H20ClF6NO3/c22-18-7-11-6-13(9-18)14(19(8-11,10-18)32-17(31)21(26,27)28)15(12-4-2-1-3-5-12)29-16(30)20(23,24)25/h1-5,11,13-15H,6-10H2,(H,29,30)/t11?,13?,14-,15+,18+,19+/m0/s1. The number of ether oxygens (including phenoxy) is 1. The number of hydrogen-bond acceptors (Lipinski definition) is 3. The van der Waals surface area contributed by atoms with Gasteiger partial charge >= 0.3 is 24.2 Å². The molecular formula is C21H20ClF6NO3. The van der Waals surface area contributed by atoms with E-state index >= 15 is 0 Å². The second kappa shape index (κ2) is 7.53. The van der Waals surface area contributed by atoms with Crippen LogP contribution in [0.15, 0.2) is 30.3 Å². The van der Waals surface area contributed by atoms with Crippen LogP contribution in [0.2, 0.25) is 0 Å². The highest BCUT2D eigenvalue weighted by molar-refractivity contribution is 6.24. The van der Waals surface area contributed by atoms with Gasteiger partial charge in [0.2, 0.25) is 0 Å². The molecule has 0 radical (unpaired) electrons. The predicted octanol–water partition coefficient (Wildman–Crippen LogP) is 5.07. The lowest BCUT2D eigenvalue weighted by molar-refractivity contribution is -0.245. The van der Waals surface area contributed by atoms with E-state index in [0.29, 0.717) is 19.3 Å². The Morgan fingerprint density at radius 2 is 1.69 bits per heavy atom. The van der Waals surface area contributed by atoms with Crippen molar-refractivity contribution in [3.05, 3.63) is 35.9 Å². The molecule has 4 aliphatic carbocycles. The van der Waals surface area contributed by atoms with Crippen LogP contribution in [0.1, 0.15) is 43.7 Å². The molecule has 6 atom stereocenters. The SMILES string of the molecule is O=C(N[C@H](c1ccccc1)[C@@H]1C2CC3C[C@@](Cl)(C2)C[C@]1(OC(=O)C(F)(F)F)C3)C(F)(F)F. The molecule has 4 nitrogen and oxygen atoms in total. The highest BCUT2D eigenvalue weighted by Crippen LogP contribution is 2.66. The number of nitrogens with one attached hydrogen (secondary N) is 1. The highest BCUT2D eigenvalue weighted by atomic mass is 35.5. The second-order valence-corrected chi connectivity index (χ2v) is 9.94. The van der Waals surface area contributed by atoms with E-state index in [0.717, 1.165) is 0 Å². The van der Waals surface area contributed by atoms with Gasteiger partial charge in [-0.1, -0.05) is 30.3 Å². The molecule has 0 aromatic heterocycles. The Kier molecular flexibility index (Phi) is 5.46. The Balaban J connectivity index is 1.79. The van der Waals surface area contributed by atoms with Crippen molar-refractivity contribution in [1.82, 2.24) is 5.32 Å². The maximum atomic E-state index is 13.1. The van der Waals surface area contributed by atoms with Gasteiger partial charge in [-0.05, 0) is 43.1 Å². The molecule has 0 heterocycles. The molecule has 4 bridgehead atoms. The first kappa shape index (κ1) is 23.2. The fourth-order valence-electron chi connectivity index (χ4n) is 6.25. The number of hydrogen-bond donors (Lipinski definition) is 1. The summed E-state index contributed by atoms with van der Waals surface area (Å²) in [4.78, 5) is 22.9. The van der Waals surface area contributed by atoms with Crippen molar-refractivity contribution >= 4 is 23.5 Å². The summed E-state index contributed by atoms with van der Waals surface area (Å²) >= 11 is 6.67. The van der Waals surface area contributed by atoms with Gasteiger partial charge in [0.05, 0.1) is 6.04 Å². The molecule has 4 saturated carbocycles. The van der Waals surface area contributed by atoms with Crippen LogP contribution in [-0.4, -0.2) is 34.7 Å². The van der Waals surface area contributed by atoms with Crippen LogP contribution in [-0.2, 0) is 14.3 Å². The normalized spacial score (nSPS) is 34.8. The zero-order chi connectivity index (χ0) is 23.5. The molecule has 11 heteroatoms. The van der Waals surface area contributed by atoms with E-state index in [4.69, 9.17) is 16.3 Å². The molecule has 32 heavy (non-hydrogen) atoms. The highest BCUT2D eigenvalue weighted by Gasteiger charge is 2.67. The lowest BCUT2D eigenvalue weighted by Crippen LogP contribution is -2.67. The number of benzene rings is 1. The molecular weight excluding hydrogens is 464 g/mol. The summed E-state index contributed by atoms with van der Waals surface area (Å²) in [6.45, 7) is 0. The third-order valence-electron chi connectivity index (χ3n) is 6.87. The summed E-state index contributed by atoms with van der Waals surface area (Å²) in [6, 6.07) is 6.39. The van der Waals surface area contributed by atoms with E-state index < -0.39 is 52.6 Å². The van der Waals surface area contributed by atoms with Crippen LogP contribution < -0.4 is 5.32 Å². The molecule has 1 amide bonds. The fraction of sp³-hybridized carbons (Fsp3) is 0.619. The summed E-state index contributed by atoms with van der Waals surface area (Å²) in [5.41, 5.74) is -1.45. The second-order valence-electron chi connectivity index (χ2n) is 9.14. The number of carbonyl (C=O) groups excluding carboxylic acids is 2. The number of carbonyl (C=O) groups is 2. The quantitative estimate of drug-likeness (QED) is 0.370. The minimum Gasteiger partial charge on any atom is -0.452 e. The molecule has 2 unspecified atom stereocenters. The van der Waals surface area contributed by atoms with Crippen molar-refractivity contribution in [3.8, 4) is 0 Å². The van der Waals surface area contributed by atoms with Gasteiger partial charge in [-0.3, -0.25) is 4.79 Å². The maximum absolute atomic E-state index is 13.1. The van der Waals surface area contributed by atoms with Gasteiger partial charge in [0.15, 0.2) is 0 Å². The Hall–Kier alpha value is -1.97. The van der Waals surface area contributed by atoms with E-state index in [1.807, 2.05) is 5.32 Å². The number of esters is 1. The maximum Gasteiger partial charge on any atom is 0.490 e. The lowest BCUT2D eigenvalue weighted by atomic mass is 9.47. The van der Waals surface area contributed by atoms with Crippen LogP contribution in [0.5, 0.6) is 0 Å². The zero-order valence-corrected chi connectivity index (χ0v) is 17.4. The third kappa shape index (κ3) is 4.18. The van der Waals surface area contributed by atoms with Crippen molar-refractivity contribution in [2.45, 2.75) is 61.0 Å². The number of halogens is 7. The first-order valence-corrected chi connectivity index (χ1v) is 10.5. The Morgan fingerprint density at radius 1 is 1.03 bits per heavy atom. The van der Waals surface area contributed by atoms with Gasteiger partial charge in [0.25, 0.3) is 0 Å². The average Bonchev–Trinajstić information content (AvgIpc) is 2.64. The minimum atomic E-state index is -5.27. The lowest BCUT2D eigenvalue weighted by Gasteiger charge is -2.64. The van der Waals surface area contributed by atoms with E-state index in [9.17, 15) is 35.9 Å². The van der Waals surface area contributed by atoms with Crippen molar-refractivity contribution < 1.29 is 40.7 Å². The molecule has 5 rings (SSSR count). The van der Waals surface area contributed by atoms with Crippen molar-refractivity contribution in [3.63, 3.8) is 0 Å². The summed E-state index contributed by atoms with van der Waals surface area (Å²) in [6.07, 6.45) is -9.12. The molecule has 4 aliphatic rings. The van der Waals surface area contributed by atoms with Crippen molar-refractivity contribution in [2.24, 2.45) is 17.8 Å². The Morgan fingerprint density at radius 3 is 2.25 bits per heavy atom. The first-order chi connectivity index (χ1) is 14.7. The molecule has 1 N–H and O–H groups in total. The monoisotopic (exact) mass is 483 g/mol. The van der Waals surface area contributed by atoms with Gasteiger partial charge in [-0.2, -0.15) is 26.3 Å². The van der Waals surface area contributed by atoms with Crippen LogP contribution in [0.3, 0.4) is 0 Å². The summed E-state index contributed by atoms with van der Waals surface area (Å²) < 4.78 is 83.8. The van der Waals surface area contributed by atoms with Crippen molar-refractivity contribution in [1.29, 1.82) is 0 Å².